The topological polar surface area (TPSA) is 48.8 Å². The molecular weight excluding hydrogens is 251 g/mol. The van der Waals surface area contributed by atoms with E-state index in [1.54, 1.807) is 0 Å². The predicted octanol–water partition coefficient (Wildman–Crippen LogP) is 4.20. The minimum Gasteiger partial charge on any atom is -0.358 e. The van der Waals surface area contributed by atoms with Gasteiger partial charge in [-0.05, 0) is 17.0 Å². The average Bonchev–Trinajstić information content (AvgIpc) is 2.06. The minimum atomic E-state index is 0. The summed E-state index contributed by atoms with van der Waals surface area (Å²) in [6.45, 7) is 4.26. The summed E-state index contributed by atoms with van der Waals surface area (Å²) in [6.07, 6.45) is 0. The Kier molecular flexibility index (Phi) is 9.17. The molecule has 4 heteroatoms. The number of nitrogens with zero attached hydrogens (tertiary/aromatic N) is 3. The maximum Gasteiger partial charge on any atom is 0.0375 e. The molecule has 1 rings (SSSR count). The summed E-state index contributed by atoms with van der Waals surface area (Å²) in [5, 5.41) is 3.49. The Hall–Kier alpha value is -0.366. The van der Waals surface area contributed by atoms with Crippen molar-refractivity contribution in [1.29, 1.82) is 0 Å². The molecule has 0 saturated carbocycles. The van der Waals surface area contributed by atoms with Crippen molar-refractivity contribution in [2.75, 3.05) is 0 Å². The second-order valence-corrected chi connectivity index (χ2v) is 2.94. The molecule has 1 aromatic carbocycles. The van der Waals surface area contributed by atoms with Gasteiger partial charge in [-0.3, -0.25) is 0 Å². The van der Waals surface area contributed by atoms with Gasteiger partial charge in [-0.15, -0.1) is 0 Å². The fourth-order valence-electron chi connectivity index (χ4n) is 0.978. The van der Waals surface area contributed by atoms with E-state index in [-0.39, 0.29) is 40.1 Å². The van der Waals surface area contributed by atoms with E-state index >= 15 is 0 Å². The van der Waals surface area contributed by atoms with Crippen LogP contribution in [0.15, 0.2) is 29.4 Å². The summed E-state index contributed by atoms with van der Waals surface area (Å²) < 4.78 is 0. The van der Waals surface area contributed by atoms with Crippen molar-refractivity contribution in [2.45, 2.75) is 19.8 Å². The fraction of sp³-hybridized carbons (Fsp3) is 0.300. The molecule has 73 valence electrons. The molecule has 0 aliphatic carbocycles. The predicted molar refractivity (Wildman–Crippen MR) is 55.8 cm³/mol. The van der Waals surface area contributed by atoms with Gasteiger partial charge < -0.3 is 7.43 Å². The number of rotatable bonds is 2. The monoisotopic (exact) mass is 265 g/mol. The van der Waals surface area contributed by atoms with Gasteiger partial charge in [0, 0.05) is 43.3 Å². The third-order valence-corrected chi connectivity index (χ3v) is 1.72. The summed E-state index contributed by atoms with van der Waals surface area (Å²) in [4.78, 5) is 2.71. The summed E-state index contributed by atoms with van der Waals surface area (Å²) in [6, 6.07) is 7.62. The molecule has 14 heavy (non-hydrogen) atoms. The molecule has 0 N–H and O–H groups in total. The van der Waals surface area contributed by atoms with Gasteiger partial charge in [0.25, 0.3) is 0 Å². The van der Waals surface area contributed by atoms with Crippen LogP contribution in [0, 0.1) is 7.43 Å². The molecule has 0 aliphatic heterocycles. The third-order valence-electron chi connectivity index (χ3n) is 1.72. The van der Waals surface area contributed by atoms with Crippen LogP contribution in [0.4, 0.5) is 5.69 Å². The van der Waals surface area contributed by atoms with Crippen LogP contribution in [0.1, 0.15) is 25.3 Å². The summed E-state index contributed by atoms with van der Waals surface area (Å²) in [7, 11) is 0. The maximum absolute atomic E-state index is 8.16. The average molecular weight is 265 g/mol. The van der Waals surface area contributed by atoms with Gasteiger partial charge in [0.15, 0.2) is 0 Å². The molecule has 0 atom stereocenters. The minimum absolute atomic E-state index is 0. The van der Waals surface area contributed by atoms with Gasteiger partial charge in [0.2, 0.25) is 0 Å². The zero-order valence-electron chi connectivity index (χ0n) is 8.81. The van der Waals surface area contributed by atoms with Crippen molar-refractivity contribution in [2.24, 2.45) is 5.11 Å². The van der Waals surface area contributed by atoms with Gasteiger partial charge in [0.05, 0.1) is 0 Å². The Balaban J connectivity index is 0. The number of azide groups is 1. The first-order valence-electron chi connectivity index (χ1n) is 3.89. The van der Waals surface area contributed by atoms with E-state index in [4.69, 9.17) is 5.53 Å². The van der Waals surface area contributed by atoms with Crippen molar-refractivity contribution >= 4 is 5.69 Å². The summed E-state index contributed by atoms with van der Waals surface area (Å²) >= 11 is 0. The molecule has 0 fully saturated rings. The maximum atomic E-state index is 8.16. The van der Waals surface area contributed by atoms with E-state index in [0.717, 1.165) is 0 Å². The molecule has 0 heterocycles. The number of hydrogen-bond donors (Lipinski definition) is 0. The summed E-state index contributed by atoms with van der Waals surface area (Å²) in [5.74, 6) is 0.519. The second kappa shape index (κ2) is 7.98. The van der Waals surface area contributed by atoms with Crippen molar-refractivity contribution in [3.63, 3.8) is 0 Å². The van der Waals surface area contributed by atoms with Crippen LogP contribution in [-0.4, -0.2) is 0 Å². The molecule has 0 spiro atoms. The molecule has 0 saturated heterocycles. The molecule has 0 bridgehead atoms. The van der Waals surface area contributed by atoms with Gasteiger partial charge in [-0.25, -0.2) is 0 Å². The molecule has 1 aromatic rings. The molecular formula is C10H14N3Y-. The number of benzene rings is 1. The molecule has 0 unspecified atom stereocenters. The smallest absolute Gasteiger partial charge is 0.0375 e. The van der Waals surface area contributed by atoms with E-state index in [1.165, 1.54) is 5.56 Å². The van der Waals surface area contributed by atoms with Crippen LogP contribution in [0.3, 0.4) is 0 Å². The Morgan fingerprint density at radius 1 is 1.21 bits per heavy atom. The molecule has 0 aliphatic rings. The fourth-order valence-corrected chi connectivity index (χ4v) is 0.978. The molecule has 0 amide bonds. The zero-order valence-corrected chi connectivity index (χ0v) is 11.6. The van der Waals surface area contributed by atoms with Gasteiger partial charge in [0.1, 0.15) is 0 Å². The standard InChI is InChI=1S/C9H11N3.CH3.Y/c1-7(2)8-3-5-9(6-4-8)11-12-10;;/h3-7H,1-2H3;1H3;/q;-1;. The van der Waals surface area contributed by atoms with Crippen LogP contribution >= 0.6 is 0 Å². The second-order valence-electron chi connectivity index (χ2n) is 2.94. The third kappa shape index (κ3) is 4.75. The van der Waals surface area contributed by atoms with Gasteiger partial charge in [-0.1, -0.05) is 43.2 Å². The van der Waals surface area contributed by atoms with E-state index < -0.39 is 0 Å². The first kappa shape index (κ1) is 16.1. The van der Waals surface area contributed by atoms with E-state index in [2.05, 4.69) is 23.9 Å². The Morgan fingerprint density at radius 2 is 1.71 bits per heavy atom. The Morgan fingerprint density at radius 3 is 2.07 bits per heavy atom. The van der Waals surface area contributed by atoms with Gasteiger partial charge in [-0.2, -0.15) is 0 Å². The Bertz CT molecular complexity index is 300. The van der Waals surface area contributed by atoms with Crippen LogP contribution in [0.2, 0.25) is 0 Å². The first-order valence-corrected chi connectivity index (χ1v) is 3.89. The first-order chi connectivity index (χ1) is 5.74. The van der Waals surface area contributed by atoms with Gasteiger partial charge >= 0.3 is 0 Å². The van der Waals surface area contributed by atoms with Crippen molar-refractivity contribution < 1.29 is 32.7 Å². The van der Waals surface area contributed by atoms with Crippen LogP contribution in [-0.2, 0) is 32.7 Å². The van der Waals surface area contributed by atoms with Crippen molar-refractivity contribution in [3.05, 3.63) is 47.7 Å². The Labute approximate surface area is 110 Å². The van der Waals surface area contributed by atoms with Crippen LogP contribution in [0.5, 0.6) is 0 Å². The van der Waals surface area contributed by atoms with E-state index in [0.29, 0.717) is 11.6 Å². The normalized spacial score (nSPS) is 8.21. The van der Waals surface area contributed by atoms with E-state index in [9.17, 15) is 0 Å². The molecule has 1 radical (unpaired) electrons. The quantitative estimate of drug-likeness (QED) is 0.333. The molecule has 3 nitrogen and oxygen atoms in total. The van der Waals surface area contributed by atoms with E-state index in [1.807, 2.05) is 24.3 Å². The van der Waals surface area contributed by atoms with Crippen molar-refractivity contribution in [3.8, 4) is 0 Å². The van der Waals surface area contributed by atoms with Crippen molar-refractivity contribution in [1.82, 2.24) is 0 Å². The largest absolute Gasteiger partial charge is 0.358 e. The number of hydrogen-bond acceptors (Lipinski definition) is 1. The SMILES string of the molecule is CC(C)c1ccc(N=[N+]=[N-])cc1.[CH3-].[Y]. The van der Waals surface area contributed by atoms with Crippen LogP contribution < -0.4 is 0 Å². The summed E-state index contributed by atoms with van der Waals surface area (Å²) in [5.41, 5.74) is 10.1. The van der Waals surface area contributed by atoms with Crippen LogP contribution in [0.25, 0.3) is 10.4 Å². The zero-order chi connectivity index (χ0) is 8.97. The molecule has 0 aromatic heterocycles.